The molecule has 18 heavy (non-hydrogen) atoms. The summed E-state index contributed by atoms with van der Waals surface area (Å²) in [6.07, 6.45) is 3.67. The van der Waals surface area contributed by atoms with Crippen LogP contribution in [0.1, 0.15) is 44.2 Å². The number of carbonyl (C=O) groups is 1. The van der Waals surface area contributed by atoms with Crippen LogP contribution in [0.5, 0.6) is 0 Å². The van der Waals surface area contributed by atoms with Crippen LogP contribution >= 0.6 is 0 Å². The number of rotatable bonds is 4. The van der Waals surface area contributed by atoms with E-state index in [1.165, 1.54) is 11.1 Å². The number of hydrogen-bond donors (Lipinski definition) is 1. The van der Waals surface area contributed by atoms with Crippen LogP contribution in [0.2, 0.25) is 0 Å². The first-order valence-electron chi connectivity index (χ1n) is 6.86. The fraction of sp³-hybridized carbons (Fsp3) is 0.562. The maximum atomic E-state index is 11.6. The fourth-order valence-corrected chi connectivity index (χ4v) is 3.09. The smallest absolute Gasteiger partial charge is 0.220 e. The van der Waals surface area contributed by atoms with Crippen molar-refractivity contribution in [2.45, 2.75) is 52.0 Å². The quantitative estimate of drug-likeness (QED) is 0.867. The molecule has 0 saturated carbocycles. The molecule has 0 spiro atoms. The van der Waals surface area contributed by atoms with Gasteiger partial charge < -0.3 is 5.32 Å². The Hall–Kier alpha value is -1.31. The molecule has 1 saturated heterocycles. The lowest BCUT2D eigenvalue weighted by Crippen LogP contribution is -2.44. The van der Waals surface area contributed by atoms with Crippen LogP contribution in [0.3, 0.4) is 0 Å². The van der Waals surface area contributed by atoms with Crippen LogP contribution in [0.25, 0.3) is 0 Å². The lowest BCUT2D eigenvalue weighted by molar-refractivity contribution is -0.119. The van der Waals surface area contributed by atoms with Gasteiger partial charge in [0, 0.05) is 12.0 Å². The van der Waals surface area contributed by atoms with Gasteiger partial charge >= 0.3 is 0 Å². The van der Waals surface area contributed by atoms with Crippen LogP contribution in [0.15, 0.2) is 24.3 Å². The Kier molecular flexibility index (Phi) is 3.74. The molecule has 2 rings (SSSR count). The summed E-state index contributed by atoms with van der Waals surface area (Å²) in [7, 11) is 0. The van der Waals surface area contributed by atoms with E-state index >= 15 is 0 Å². The van der Waals surface area contributed by atoms with Gasteiger partial charge in [-0.2, -0.15) is 0 Å². The van der Waals surface area contributed by atoms with Gasteiger partial charge in [0.25, 0.3) is 0 Å². The highest BCUT2D eigenvalue weighted by Crippen LogP contribution is 2.31. The molecular formula is C16H23NO. The summed E-state index contributed by atoms with van der Waals surface area (Å²) in [5.74, 6) is 0.816. The van der Waals surface area contributed by atoms with E-state index < -0.39 is 0 Å². The lowest BCUT2D eigenvalue weighted by Gasteiger charge is -2.31. The zero-order chi connectivity index (χ0) is 13.2. The van der Waals surface area contributed by atoms with Crippen LogP contribution in [-0.2, 0) is 11.2 Å². The van der Waals surface area contributed by atoms with Gasteiger partial charge in [0.2, 0.25) is 5.91 Å². The average molecular weight is 245 g/mol. The monoisotopic (exact) mass is 245 g/mol. The van der Waals surface area contributed by atoms with Gasteiger partial charge in [-0.1, -0.05) is 38.1 Å². The number of amides is 1. The highest BCUT2D eigenvalue weighted by molar-refractivity contribution is 5.79. The third-order valence-corrected chi connectivity index (χ3v) is 3.82. The number of nitrogens with one attached hydrogen (secondary N) is 1. The van der Waals surface area contributed by atoms with E-state index in [4.69, 9.17) is 0 Å². The summed E-state index contributed by atoms with van der Waals surface area (Å²) in [5, 5.41) is 3.24. The third-order valence-electron chi connectivity index (χ3n) is 3.82. The molecule has 0 aromatic heterocycles. The van der Waals surface area contributed by atoms with Gasteiger partial charge in [-0.15, -0.1) is 0 Å². The predicted molar refractivity (Wildman–Crippen MR) is 74.4 cm³/mol. The second-order valence-electron chi connectivity index (χ2n) is 6.03. The molecule has 1 heterocycles. The summed E-state index contributed by atoms with van der Waals surface area (Å²) < 4.78 is 0. The normalized spacial score (nSPS) is 23.4. The lowest BCUT2D eigenvalue weighted by atomic mass is 9.81. The first-order valence-corrected chi connectivity index (χ1v) is 6.86. The van der Waals surface area contributed by atoms with Gasteiger partial charge in [-0.05, 0) is 43.2 Å². The van der Waals surface area contributed by atoms with Crippen molar-refractivity contribution in [1.29, 1.82) is 0 Å². The number of benzene rings is 1. The summed E-state index contributed by atoms with van der Waals surface area (Å²) in [4.78, 5) is 11.6. The number of aryl methyl sites for hydroxylation is 1. The minimum Gasteiger partial charge on any atom is -0.350 e. The van der Waals surface area contributed by atoms with Crippen molar-refractivity contribution in [3.05, 3.63) is 35.4 Å². The molecule has 0 aliphatic carbocycles. The Labute approximate surface area is 110 Å². The molecule has 2 heteroatoms. The molecule has 1 unspecified atom stereocenters. The Morgan fingerprint density at radius 3 is 2.61 bits per heavy atom. The Balaban J connectivity index is 2.21. The standard InChI is InChI=1S/C16H23NO/c1-12(2)10-16(9-8-15(18)17-16)11-14-7-5-4-6-13(14)3/h4-7,12H,8-11H2,1-3H3,(H,17,18). The molecule has 1 fully saturated rings. The van der Waals surface area contributed by atoms with E-state index in [-0.39, 0.29) is 11.4 Å². The first kappa shape index (κ1) is 13.1. The third kappa shape index (κ3) is 2.92. The minimum absolute atomic E-state index is 0.0165. The van der Waals surface area contributed by atoms with Gasteiger partial charge in [-0.3, -0.25) is 4.79 Å². The fourth-order valence-electron chi connectivity index (χ4n) is 3.09. The molecule has 1 atom stereocenters. The zero-order valence-corrected chi connectivity index (χ0v) is 11.6. The molecule has 0 bridgehead atoms. The van der Waals surface area contributed by atoms with Crippen molar-refractivity contribution in [1.82, 2.24) is 5.32 Å². The second kappa shape index (κ2) is 5.13. The van der Waals surface area contributed by atoms with Crippen LogP contribution in [-0.4, -0.2) is 11.4 Å². The Bertz CT molecular complexity index is 438. The predicted octanol–water partition coefficient (Wildman–Crippen LogP) is 3.23. The van der Waals surface area contributed by atoms with E-state index in [2.05, 4.69) is 50.4 Å². The largest absolute Gasteiger partial charge is 0.350 e. The molecule has 98 valence electrons. The van der Waals surface area contributed by atoms with Crippen molar-refractivity contribution in [3.63, 3.8) is 0 Å². The van der Waals surface area contributed by atoms with Crippen molar-refractivity contribution in [2.75, 3.05) is 0 Å². The number of hydrogen-bond acceptors (Lipinski definition) is 1. The molecule has 1 N–H and O–H groups in total. The van der Waals surface area contributed by atoms with E-state index in [9.17, 15) is 4.79 Å². The van der Waals surface area contributed by atoms with Crippen molar-refractivity contribution in [3.8, 4) is 0 Å². The van der Waals surface area contributed by atoms with E-state index in [1.54, 1.807) is 0 Å². The Morgan fingerprint density at radius 1 is 1.33 bits per heavy atom. The summed E-state index contributed by atoms with van der Waals surface area (Å²) >= 11 is 0. The van der Waals surface area contributed by atoms with Gasteiger partial charge in [0.1, 0.15) is 0 Å². The molecule has 0 radical (unpaired) electrons. The summed E-state index contributed by atoms with van der Waals surface area (Å²) in [6.45, 7) is 6.60. The van der Waals surface area contributed by atoms with Gasteiger partial charge in [0.05, 0.1) is 0 Å². The van der Waals surface area contributed by atoms with E-state index in [0.717, 1.165) is 19.3 Å². The minimum atomic E-state index is -0.0165. The van der Waals surface area contributed by atoms with E-state index in [1.807, 2.05) is 0 Å². The van der Waals surface area contributed by atoms with Crippen molar-refractivity contribution >= 4 is 5.91 Å². The summed E-state index contributed by atoms with van der Waals surface area (Å²) in [5.41, 5.74) is 2.67. The van der Waals surface area contributed by atoms with Crippen molar-refractivity contribution in [2.24, 2.45) is 5.92 Å². The number of carbonyl (C=O) groups excluding carboxylic acids is 1. The van der Waals surface area contributed by atoms with Crippen molar-refractivity contribution < 1.29 is 4.79 Å². The molecule has 2 nitrogen and oxygen atoms in total. The first-order chi connectivity index (χ1) is 8.51. The topological polar surface area (TPSA) is 29.1 Å². The van der Waals surface area contributed by atoms with E-state index in [0.29, 0.717) is 12.3 Å². The van der Waals surface area contributed by atoms with Gasteiger partial charge in [0.15, 0.2) is 0 Å². The second-order valence-corrected chi connectivity index (χ2v) is 6.03. The Morgan fingerprint density at radius 2 is 2.06 bits per heavy atom. The zero-order valence-electron chi connectivity index (χ0n) is 11.6. The SMILES string of the molecule is Cc1ccccc1CC1(CC(C)C)CCC(=O)N1. The highest BCUT2D eigenvalue weighted by atomic mass is 16.2. The molecule has 1 aliphatic heterocycles. The van der Waals surface area contributed by atoms with Crippen LogP contribution in [0, 0.1) is 12.8 Å². The molecule has 1 aromatic carbocycles. The average Bonchev–Trinajstić information content (AvgIpc) is 2.62. The maximum absolute atomic E-state index is 11.6. The maximum Gasteiger partial charge on any atom is 0.220 e. The molecule has 1 aromatic rings. The molecule has 1 amide bonds. The summed E-state index contributed by atoms with van der Waals surface area (Å²) in [6, 6.07) is 8.49. The highest BCUT2D eigenvalue weighted by Gasteiger charge is 2.38. The van der Waals surface area contributed by atoms with Crippen LogP contribution in [0.4, 0.5) is 0 Å². The van der Waals surface area contributed by atoms with Crippen LogP contribution < -0.4 is 5.32 Å². The molecule has 1 aliphatic rings. The van der Waals surface area contributed by atoms with Gasteiger partial charge in [-0.25, -0.2) is 0 Å². The molecular weight excluding hydrogens is 222 g/mol.